The van der Waals surface area contributed by atoms with E-state index in [1.807, 2.05) is 20.8 Å². The van der Waals surface area contributed by atoms with Crippen LogP contribution < -0.4 is 5.32 Å². The van der Waals surface area contributed by atoms with E-state index >= 15 is 0 Å². The Hall–Kier alpha value is -1.06. The Morgan fingerprint density at radius 1 is 1.16 bits per heavy atom. The van der Waals surface area contributed by atoms with Gasteiger partial charge in [0.1, 0.15) is 0 Å². The van der Waals surface area contributed by atoms with Gasteiger partial charge in [-0.1, -0.05) is 40.5 Å². The molecule has 4 heteroatoms. The normalized spacial score (nSPS) is 14.2. The first-order valence-electron chi connectivity index (χ1n) is 7.42. The summed E-state index contributed by atoms with van der Waals surface area (Å²) >= 11 is 0. The minimum absolute atomic E-state index is 0.00551. The fraction of sp³-hybridized carbons (Fsp3) is 0.867. The first-order chi connectivity index (χ1) is 8.92. The fourth-order valence-electron chi connectivity index (χ4n) is 2.18. The number of carbonyl (C=O) groups excluding carboxylic acids is 1. The zero-order chi connectivity index (χ0) is 14.8. The van der Waals surface area contributed by atoms with E-state index in [-0.39, 0.29) is 18.4 Å². The van der Waals surface area contributed by atoms with Crippen LogP contribution in [0.15, 0.2) is 0 Å². The Morgan fingerprint density at radius 3 is 2.21 bits per heavy atom. The van der Waals surface area contributed by atoms with Crippen LogP contribution in [0.1, 0.15) is 59.8 Å². The van der Waals surface area contributed by atoms with Crippen LogP contribution in [-0.4, -0.2) is 23.5 Å². The summed E-state index contributed by atoms with van der Waals surface area (Å²) in [5.74, 6) is -0.956. The van der Waals surface area contributed by atoms with E-state index in [2.05, 4.69) is 12.2 Å². The lowest BCUT2D eigenvalue weighted by molar-refractivity contribution is -0.142. The Labute approximate surface area is 117 Å². The highest BCUT2D eigenvalue weighted by Gasteiger charge is 2.22. The van der Waals surface area contributed by atoms with Gasteiger partial charge in [0.25, 0.3) is 0 Å². The number of carboxylic acid groups (broad SMARTS) is 1. The van der Waals surface area contributed by atoms with Gasteiger partial charge in [0.2, 0.25) is 5.91 Å². The van der Waals surface area contributed by atoms with Crippen molar-refractivity contribution in [3.05, 3.63) is 0 Å². The fourth-order valence-corrected chi connectivity index (χ4v) is 2.18. The smallest absolute Gasteiger partial charge is 0.308 e. The molecule has 0 spiro atoms. The largest absolute Gasteiger partial charge is 0.481 e. The lowest BCUT2D eigenvalue weighted by Gasteiger charge is -2.18. The molecule has 2 unspecified atom stereocenters. The summed E-state index contributed by atoms with van der Waals surface area (Å²) in [6, 6.07) is 0. The molecule has 0 rings (SSSR count). The average Bonchev–Trinajstić information content (AvgIpc) is 2.34. The topological polar surface area (TPSA) is 66.4 Å². The van der Waals surface area contributed by atoms with Crippen LogP contribution in [0.3, 0.4) is 0 Å². The van der Waals surface area contributed by atoms with Crippen LogP contribution in [0.5, 0.6) is 0 Å². The number of carboxylic acids is 1. The van der Waals surface area contributed by atoms with Crippen molar-refractivity contribution in [2.75, 3.05) is 6.54 Å². The van der Waals surface area contributed by atoms with Crippen molar-refractivity contribution < 1.29 is 14.7 Å². The molecule has 0 aromatic rings. The van der Waals surface area contributed by atoms with E-state index in [9.17, 15) is 9.59 Å². The van der Waals surface area contributed by atoms with Gasteiger partial charge < -0.3 is 10.4 Å². The third kappa shape index (κ3) is 7.85. The maximum Gasteiger partial charge on any atom is 0.308 e. The van der Waals surface area contributed by atoms with Gasteiger partial charge in [-0.05, 0) is 25.2 Å². The van der Waals surface area contributed by atoms with E-state index in [1.165, 1.54) is 0 Å². The molecule has 19 heavy (non-hydrogen) atoms. The van der Waals surface area contributed by atoms with Gasteiger partial charge in [-0.3, -0.25) is 9.59 Å². The molecule has 112 valence electrons. The second kappa shape index (κ2) is 9.82. The second-order valence-corrected chi connectivity index (χ2v) is 5.66. The van der Waals surface area contributed by atoms with E-state index < -0.39 is 11.9 Å². The Kier molecular flexibility index (Phi) is 9.27. The van der Waals surface area contributed by atoms with Gasteiger partial charge in [-0.2, -0.15) is 0 Å². The van der Waals surface area contributed by atoms with Crippen LogP contribution in [0, 0.1) is 17.8 Å². The Balaban J connectivity index is 4.25. The van der Waals surface area contributed by atoms with Crippen molar-refractivity contribution in [2.45, 2.75) is 59.8 Å². The number of unbranched alkanes of at least 4 members (excludes halogenated alkanes) is 1. The third-order valence-electron chi connectivity index (χ3n) is 3.40. The monoisotopic (exact) mass is 271 g/mol. The summed E-state index contributed by atoms with van der Waals surface area (Å²) in [7, 11) is 0. The molecule has 0 aromatic heterocycles. The zero-order valence-corrected chi connectivity index (χ0v) is 12.7. The molecule has 2 N–H and O–H groups in total. The standard InChI is InChI=1S/C15H29NO3/c1-5-7-8-12(6-2)14(17)16-10-13(15(18)19)9-11(3)4/h11-13H,5-10H2,1-4H3,(H,16,17)(H,18,19). The number of carbonyl (C=O) groups is 2. The molecule has 4 nitrogen and oxygen atoms in total. The van der Waals surface area contributed by atoms with E-state index in [1.54, 1.807) is 0 Å². The number of nitrogens with one attached hydrogen (secondary N) is 1. The predicted molar refractivity (Wildman–Crippen MR) is 76.9 cm³/mol. The summed E-state index contributed by atoms with van der Waals surface area (Å²) in [6.45, 7) is 8.34. The van der Waals surface area contributed by atoms with Gasteiger partial charge in [-0.15, -0.1) is 0 Å². The molecule has 0 aliphatic carbocycles. The van der Waals surface area contributed by atoms with Crippen LogP contribution in [0.25, 0.3) is 0 Å². The average molecular weight is 271 g/mol. The summed E-state index contributed by atoms with van der Waals surface area (Å²) < 4.78 is 0. The van der Waals surface area contributed by atoms with Crippen molar-refractivity contribution >= 4 is 11.9 Å². The number of hydrogen-bond acceptors (Lipinski definition) is 2. The second-order valence-electron chi connectivity index (χ2n) is 5.66. The molecule has 0 radical (unpaired) electrons. The Morgan fingerprint density at radius 2 is 1.79 bits per heavy atom. The summed E-state index contributed by atoms with van der Waals surface area (Å²) in [5, 5.41) is 11.9. The van der Waals surface area contributed by atoms with Crippen LogP contribution >= 0.6 is 0 Å². The van der Waals surface area contributed by atoms with E-state index in [0.29, 0.717) is 12.3 Å². The van der Waals surface area contributed by atoms with Gasteiger partial charge in [-0.25, -0.2) is 0 Å². The number of rotatable bonds is 10. The summed E-state index contributed by atoms with van der Waals surface area (Å²) in [4.78, 5) is 23.1. The van der Waals surface area contributed by atoms with E-state index in [0.717, 1.165) is 25.7 Å². The highest BCUT2D eigenvalue weighted by Crippen LogP contribution is 2.14. The predicted octanol–water partition coefficient (Wildman–Crippen LogP) is 3.07. The van der Waals surface area contributed by atoms with Crippen LogP contribution in [0.4, 0.5) is 0 Å². The Bertz CT molecular complexity index is 277. The molecule has 0 saturated heterocycles. The molecular weight excluding hydrogens is 242 g/mol. The number of aliphatic carboxylic acids is 1. The molecule has 0 fully saturated rings. The maximum atomic E-state index is 12.0. The van der Waals surface area contributed by atoms with Crippen molar-refractivity contribution in [1.29, 1.82) is 0 Å². The van der Waals surface area contributed by atoms with Crippen LogP contribution in [-0.2, 0) is 9.59 Å². The SMILES string of the molecule is CCCCC(CC)C(=O)NCC(CC(C)C)C(=O)O. The van der Waals surface area contributed by atoms with Gasteiger partial charge in [0.15, 0.2) is 0 Å². The van der Waals surface area contributed by atoms with Gasteiger partial charge in [0, 0.05) is 12.5 Å². The first-order valence-corrected chi connectivity index (χ1v) is 7.42. The van der Waals surface area contributed by atoms with Crippen molar-refractivity contribution in [2.24, 2.45) is 17.8 Å². The number of amides is 1. The quantitative estimate of drug-likeness (QED) is 0.641. The number of hydrogen-bond donors (Lipinski definition) is 2. The minimum Gasteiger partial charge on any atom is -0.481 e. The first kappa shape index (κ1) is 17.9. The molecule has 1 amide bonds. The zero-order valence-electron chi connectivity index (χ0n) is 12.7. The van der Waals surface area contributed by atoms with Gasteiger partial charge >= 0.3 is 5.97 Å². The lowest BCUT2D eigenvalue weighted by atomic mass is 9.95. The molecule has 0 heterocycles. The summed E-state index contributed by atoms with van der Waals surface area (Å²) in [5.41, 5.74) is 0. The highest BCUT2D eigenvalue weighted by molar-refractivity contribution is 5.79. The van der Waals surface area contributed by atoms with E-state index in [4.69, 9.17) is 5.11 Å². The molecule has 0 saturated carbocycles. The maximum absolute atomic E-state index is 12.0. The van der Waals surface area contributed by atoms with Crippen LogP contribution in [0.2, 0.25) is 0 Å². The van der Waals surface area contributed by atoms with Crippen molar-refractivity contribution in [1.82, 2.24) is 5.32 Å². The molecule has 0 aliphatic rings. The molecule has 0 aliphatic heterocycles. The third-order valence-corrected chi connectivity index (χ3v) is 3.40. The van der Waals surface area contributed by atoms with Gasteiger partial charge in [0.05, 0.1) is 5.92 Å². The molecule has 2 atom stereocenters. The molecule has 0 bridgehead atoms. The molecular formula is C15H29NO3. The van der Waals surface area contributed by atoms with Crippen molar-refractivity contribution in [3.8, 4) is 0 Å². The lowest BCUT2D eigenvalue weighted by Crippen LogP contribution is -2.37. The highest BCUT2D eigenvalue weighted by atomic mass is 16.4. The summed E-state index contributed by atoms with van der Waals surface area (Å²) in [6.07, 6.45) is 4.42. The molecule has 0 aromatic carbocycles. The minimum atomic E-state index is -0.824. The van der Waals surface area contributed by atoms with Crippen molar-refractivity contribution in [3.63, 3.8) is 0 Å².